The van der Waals surface area contributed by atoms with Crippen molar-refractivity contribution in [2.45, 2.75) is 25.7 Å². The first kappa shape index (κ1) is 13.0. The highest BCUT2D eigenvalue weighted by Crippen LogP contribution is 2.24. The minimum Gasteiger partial charge on any atom is -0.330 e. The molecule has 0 bridgehead atoms. The Balaban J connectivity index is 1.89. The fraction of sp³-hybridized carbons (Fsp3) is 0.727. The number of nitrogens with zero attached hydrogens (tertiary/aromatic N) is 1. The van der Waals surface area contributed by atoms with Crippen LogP contribution in [0.15, 0.2) is 5.38 Å². The van der Waals surface area contributed by atoms with Gasteiger partial charge in [-0.1, -0.05) is 0 Å². The van der Waals surface area contributed by atoms with Gasteiger partial charge in [0.05, 0.1) is 22.2 Å². The number of nitrogens with two attached hydrogens (primary N) is 1. The molecule has 96 valence electrons. The number of sulfone groups is 1. The molecule has 2 rings (SSSR count). The van der Waals surface area contributed by atoms with E-state index in [1.165, 1.54) is 0 Å². The van der Waals surface area contributed by atoms with Crippen molar-refractivity contribution < 1.29 is 8.42 Å². The van der Waals surface area contributed by atoms with Gasteiger partial charge in [-0.3, -0.25) is 0 Å². The smallest absolute Gasteiger partial charge is 0.150 e. The third-order valence-electron chi connectivity index (χ3n) is 3.03. The van der Waals surface area contributed by atoms with E-state index < -0.39 is 9.84 Å². The summed E-state index contributed by atoms with van der Waals surface area (Å²) in [5.41, 5.74) is 6.55. The van der Waals surface area contributed by atoms with Crippen LogP contribution in [0, 0.1) is 5.92 Å². The highest BCUT2D eigenvalue weighted by Gasteiger charge is 2.28. The summed E-state index contributed by atoms with van der Waals surface area (Å²) < 4.78 is 22.7. The number of rotatable bonds is 5. The number of aryl methyl sites for hydroxylation is 1. The highest BCUT2D eigenvalue weighted by molar-refractivity contribution is 7.91. The summed E-state index contributed by atoms with van der Waals surface area (Å²) in [5, 5.41) is 3.13. The number of hydrogen-bond donors (Lipinski definition) is 1. The largest absolute Gasteiger partial charge is 0.330 e. The van der Waals surface area contributed by atoms with Gasteiger partial charge in [-0.25, -0.2) is 13.4 Å². The summed E-state index contributed by atoms with van der Waals surface area (Å²) in [6.07, 6.45) is 3.49. The average molecular weight is 274 g/mol. The summed E-state index contributed by atoms with van der Waals surface area (Å²) in [5.74, 6) is 0.960. The van der Waals surface area contributed by atoms with Crippen molar-refractivity contribution >= 4 is 21.2 Å². The molecule has 0 aliphatic carbocycles. The number of aromatic nitrogens is 1. The van der Waals surface area contributed by atoms with Crippen molar-refractivity contribution in [1.82, 2.24) is 4.98 Å². The van der Waals surface area contributed by atoms with Crippen molar-refractivity contribution in [1.29, 1.82) is 0 Å². The van der Waals surface area contributed by atoms with Gasteiger partial charge < -0.3 is 5.73 Å². The number of thiazole rings is 1. The molecule has 1 aliphatic heterocycles. The van der Waals surface area contributed by atoms with Gasteiger partial charge in [-0.15, -0.1) is 11.3 Å². The van der Waals surface area contributed by atoms with Crippen molar-refractivity contribution in [3.8, 4) is 0 Å². The van der Waals surface area contributed by atoms with Crippen molar-refractivity contribution in [3.63, 3.8) is 0 Å². The van der Waals surface area contributed by atoms with Crippen molar-refractivity contribution in [2.75, 3.05) is 18.1 Å². The van der Waals surface area contributed by atoms with Gasteiger partial charge in [0.15, 0.2) is 9.84 Å². The van der Waals surface area contributed by atoms with Gasteiger partial charge in [0, 0.05) is 11.8 Å². The van der Waals surface area contributed by atoms with E-state index in [2.05, 4.69) is 10.4 Å². The molecule has 2 N–H and O–H groups in total. The van der Waals surface area contributed by atoms with E-state index >= 15 is 0 Å². The molecule has 1 fully saturated rings. The number of hydrogen-bond acceptors (Lipinski definition) is 5. The zero-order chi connectivity index (χ0) is 12.3. The molecule has 6 heteroatoms. The second-order valence-corrected chi connectivity index (χ2v) is 7.77. The van der Waals surface area contributed by atoms with Gasteiger partial charge in [0.25, 0.3) is 0 Å². The van der Waals surface area contributed by atoms with Crippen molar-refractivity contribution in [2.24, 2.45) is 11.7 Å². The molecular formula is C11H18N2O2S2. The molecule has 1 aromatic rings. The lowest BCUT2D eigenvalue weighted by atomic mass is 10.1. The van der Waals surface area contributed by atoms with Crippen LogP contribution in [-0.2, 0) is 22.7 Å². The third-order valence-corrected chi connectivity index (χ3v) is 5.78. The lowest BCUT2D eigenvalue weighted by Gasteiger charge is -2.03. The summed E-state index contributed by atoms with van der Waals surface area (Å²) >= 11 is 1.64. The Labute approximate surface area is 106 Å². The molecule has 0 aromatic carbocycles. The Morgan fingerprint density at radius 3 is 3.00 bits per heavy atom. The minimum atomic E-state index is -2.76. The van der Waals surface area contributed by atoms with Gasteiger partial charge in [0.1, 0.15) is 0 Å². The normalized spacial score (nSPS) is 23.0. The molecule has 1 aliphatic rings. The Bertz CT molecular complexity index is 468. The molecule has 1 unspecified atom stereocenters. The average Bonchev–Trinajstić information content (AvgIpc) is 2.83. The SMILES string of the molecule is NCCCc1csc(CC2CCS(=O)(=O)C2)n1. The first-order valence-electron chi connectivity index (χ1n) is 5.93. The Kier molecular flexibility index (Phi) is 4.17. The molecular weight excluding hydrogens is 256 g/mol. The summed E-state index contributed by atoms with van der Waals surface area (Å²) in [6.45, 7) is 0.688. The lowest BCUT2D eigenvalue weighted by Crippen LogP contribution is -2.07. The van der Waals surface area contributed by atoms with Crippen molar-refractivity contribution in [3.05, 3.63) is 16.1 Å². The minimum absolute atomic E-state index is 0.272. The van der Waals surface area contributed by atoms with E-state index in [0.717, 1.165) is 36.4 Å². The molecule has 0 spiro atoms. The predicted octanol–water partition coefficient (Wildman–Crippen LogP) is 1.01. The molecule has 0 saturated carbocycles. The Hall–Kier alpha value is -0.460. The standard InChI is InChI=1S/C11H18N2O2S2/c12-4-1-2-10-7-16-11(13-10)6-9-3-5-17(14,15)8-9/h7,9H,1-6,8,12H2. The molecule has 0 amide bonds. The molecule has 0 radical (unpaired) electrons. The van der Waals surface area contributed by atoms with Crippen LogP contribution >= 0.6 is 11.3 Å². The second kappa shape index (κ2) is 5.46. The van der Waals surface area contributed by atoms with E-state index in [0.29, 0.717) is 18.1 Å². The lowest BCUT2D eigenvalue weighted by molar-refractivity contribution is 0.581. The van der Waals surface area contributed by atoms with E-state index in [1.54, 1.807) is 11.3 Å². The zero-order valence-electron chi connectivity index (χ0n) is 9.76. The molecule has 1 aromatic heterocycles. The monoisotopic (exact) mass is 274 g/mol. The van der Waals surface area contributed by atoms with E-state index in [1.807, 2.05) is 0 Å². The molecule has 17 heavy (non-hydrogen) atoms. The highest BCUT2D eigenvalue weighted by atomic mass is 32.2. The summed E-state index contributed by atoms with van der Waals surface area (Å²) in [4.78, 5) is 4.53. The van der Waals surface area contributed by atoms with Gasteiger partial charge in [-0.2, -0.15) is 0 Å². The van der Waals surface area contributed by atoms with Crippen LogP contribution in [0.3, 0.4) is 0 Å². The predicted molar refractivity (Wildman–Crippen MR) is 70.0 cm³/mol. The zero-order valence-corrected chi connectivity index (χ0v) is 11.4. The van der Waals surface area contributed by atoms with Crippen LogP contribution in [-0.4, -0.2) is 31.5 Å². The van der Waals surface area contributed by atoms with Crippen LogP contribution in [0.2, 0.25) is 0 Å². The molecule has 1 atom stereocenters. The topological polar surface area (TPSA) is 73.1 Å². The fourth-order valence-corrected chi connectivity index (χ4v) is 4.93. The first-order chi connectivity index (χ1) is 8.09. The molecule has 4 nitrogen and oxygen atoms in total. The summed E-state index contributed by atoms with van der Waals surface area (Å²) in [7, 11) is -2.76. The summed E-state index contributed by atoms with van der Waals surface area (Å²) in [6, 6.07) is 0. The van der Waals surface area contributed by atoms with Crippen LogP contribution in [0.4, 0.5) is 0 Å². The fourth-order valence-electron chi connectivity index (χ4n) is 2.12. The molecule has 1 saturated heterocycles. The van der Waals surface area contributed by atoms with Crippen LogP contribution in [0.25, 0.3) is 0 Å². The molecule has 2 heterocycles. The van der Waals surface area contributed by atoms with Crippen LogP contribution in [0.1, 0.15) is 23.5 Å². The van der Waals surface area contributed by atoms with Gasteiger partial charge in [0.2, 0.25) is 0 Å². The maximum atomic E-state index is 11.3. The first-order valence-corrected chi connectivity index (χ1v) is 8.63. The van der Waals surface area contributed by atoms with Crippen LogP contribution in [0.5, 0.6) is 0 Å². The maximum absolute atomic E-state index is 11.3. The quantitative estimate of drug-likeness (QED) is 0.870. The Morgan fingerprint density at radius 1 is 1.53 bits per heavy atom. The van der Waals surface area contributed by atoms with E-state index in [9.17, 15) is 8.42 Å². The third kappa shape index (κ3) is 3.76. The van der Waals surface area contributed by atoms with E-state index in [4.69, 9.17) is 5.73 Å². The van der Waals surface area contributed by atoms with Gasteiger partial charge >= 0.3 is 0 Å². The second-order valence-electron chi connectivity index (χ2n) is 4.60. The van der Waals surface area contributed by atoms with Gasteiger partial charge in [-0.05, 0) is 31.7 Å². The van der Waals surface area contributed by atoms with E-state index in [-0.39, 0.29) is 5.92 Å². The Morgan fingerprint density at radius 2 is 2.35 bits per heavy atom. The maximum Gasteiger partial charge on any atom is 0.150 e. The van der Waals surface area contributed by atoms with Crippen LogP contribution < -0.4 is 5.73 Å².